The number of halogens is 1. The van der Waals surface area contributed by atoms with Crippen molar-refractivity contribution in [1.82, 2.24) is 42.1 Å². The van der Waals surface area contributed by atoms with Gasteiger partial charge in [-0.15, -0.1) is 0 Å². The quantitative estimate of drug-likeness (QED) is 0.0547. The van der Waals surface area contributed by atoms with Crippen LogP contribution in [0.15, 0.2) is 58.5 Å². The number of rotatable bonds is 20. The summed E-state index contributed by atoms with van der Waals surface area (Å²) in [6, 6.07) is -1.61. The van der Waals surface area contributed by atoms with Gasteiger partial charge in [0.2, 0.25) is 41.7 Å². The molecule has 4 saturated heterocycles. The minimum atomic E-state index is -2.36. The summed E-state index contributed by atoms with van der Waals surface area (Å²) in [6.45, 7) is -0.724. The van der Waals surface area contributed by atoms with Gasteiger partial charge in [0.25, 0.3) is 0 Å². The smallest absolute Gasteiger partial charge is 0.306 e. The van der Waals surface area contributed by atoms with Crippen molar-refractivity contribution in [3.8, 4) is 5.75 Å². The molecule has 39 heteroatoms. The molecule has 25 atom stereocenters. The summed E-state index contributed by atoms with van der Waals surface area (Å²) >= 11 is 6.19. The number of esters is 1. The summed E-state index contributed by atoms with van der Waals surface area (Å²) in [5.74, 6) is -10.3. The Morgan fingerprint density at radius 2 is 1.19 bits per heavy atom. The summed E-state index contributed by atoms with van der Waals surface area (Å²) in [5, 5.41) is 160. The molecule has 2 aromatic carbocycles. The van der Waals surface area contributed by atoms with Crippen LogP contribution in [-0.4, -0.2) is 317 Å². The molecule has 0 spiro atoms. The monoisotopic (exact) mass is 1410 g/mol. The molecule has 6 aliphatic heterocycles. The fourth-order valence-corrected chi connectivity index (χ4v) is 12.0. The summed E-state index contributed by atoms with van der Waals surface area (Å²) in [6.07, 6.45) is -32.1. The van der Waals surface area contributed by atoms with Gasteiger partial charge in [-0.25, -0.2) is 0 Å². The fraction of sp³-hybridized carbons (Fsp3) is 0.644. The van der Waals surface area contributed by atoms with Gasteiger partial charge in [0.1, 0.15) is 115 Å². The molecule has 8 rings (SSSR count). The molecular weight excluding hydrogens is 1330 g/mol. The van der Waals surface area contributed by atoms with Crippen molar-refractivity contribution in [3.63, 3.8) is 0 Å². The lowest BCUT2D eigenvalue weighted by Crippen LogP contribution is -2.70. The number of ether oxygens (including phenoxy) is 6. The lowest BCUT2D eigenvalue weighted by molar-refractivity contribution is -0.353. The Kier molecular flexibility index (Phi) is 26.3. The molecule has 6 aliphatic rings. The van der Waals surface area contributed by atoms with Crippen LogP contribution < -0.4 is 53.4 Å². The van der Waals surface area contributed by atoms with Gasteiger partial charge in [0.15, 0.2) is 30.5 Å². The second kappa shape index (κ2) is 33.7. The van der Waals surface area contributed by atoms with Crippen molar-refractivity contribution in [2.75, 3.05) is 46.1 Å². The number of nitrogens with zero attached hydrogens (tertiary/aromatic N) is 3. The largest absolute Gasteiger partial charge is 0.462 e. The van der Waals surface area contributed by atoms with E-state index in [1.807, 2.05) is 0 Å². The van der Waals surface area contributed by atoms with E-state index in [1.54, 1.807) is 26.0 Å². The number of aliphatic imine (C=N–C) groups is 2. The molecule has 6 amide bonds. The normalized spacial score (nSPS) is 35.7. The molecule has 98 heavy (non-hydrogen) atoms. The molecule has 24 N–H and O–H groups in total. The van der Waals surface area contributed by atoms with E-state index in [2.05, 4.69) is 47.2 Å². The first-order chi connectivity index (χ1) is 46.5. The number of carbonyl (C=O) groups is 7. The molecule has 0 saturated carbocycles. The van der Waals surface area contributed by atoms with Crippen molar-refractivity contribution in [3.05, 3.63) is 64.7 Å². The van der Waals surface area contributed by atoms with Crippen molar-refractivity contribution < 1.29 is 128 Å². The predicted octanol–water partition coefficient (Wildman–Crippen LogP) is -11.4. The maximum atomic E-state index is 15.2. The predicted molar refractivity (Wildman–Crippen MR) is 331 cm³/mol. The Balaban J connectivity index is 1.10. The van der Waals surface area contributed by atoms with Crippen LogP contribution in [0.5, 0.6) is 5.75 Å². The molecule has 38 nitrogen and oxygen atoms in total. The lowest BCUT2D eigenvalue weighted by Gasteiger charge is -2.46. The highest BCUT2D eigenvalue weighted by Gasteiger charge is 2.55. The number of aliphatic hydroxyl groups excluding tert-OH is 13. The highest BCUT2D eigenvalue weighted by molar-refractivity contribution is 6.30. The highest BCUT2D eigenvalue weighted by Crippen LogP contribution is 2.34. The number of carbonyl (C=O) groups excluding carboxylic acids is 7. The minimum Gasteiger partial charge on any atom is -0.462 e. The number of aliphatic hydroxyl groups is 13. The van der Waals surface area contributed by atoms with Crippen LogP contribution in [0.3, 0.4) is 0 Å². The summed E-state index contributed by atoms with van der Waals surface area (Å²) in [5.41, 5.74) is 12.7. The van der Waals surface area contributed by atoms with Crippen LogP contribution in [0.2, 0.25) is 5.02 Å². The van der Waals surface area contributed by atoms with E-state index in [0.29, 0.717) is 10.6 Å². The zero-order valence-corrected chi connectivity index (χ0v) is 53.7. The summed E-state index contributed by atoms with van der Waals surface area (Å²) < 4.78 is 34.4. The molecular formula is C59H85ClN12O26. The van der Waals surface area contributed by atoms with Gasteiger partial charge in [-0.2, -0.15) is 0 Å². The van der Waals surface area contributed by atoms with Gasteiger partial charge < -0.3 is 148 Å². The first kappa shape index (κ1) is 76.4. The number of hydrogen-bond donors (Lipinski definition) is 22. The van der Waals surface area contributed by atoms with Crippen LogP contribution in [0.4, 0.5) is 0 Å². The molecule has 0 radical (unpaired) electrons. The molecule has 5 unspecified atom stereocenters. The van der Waals surface area contributed by atoms with Gasteiger partial charge in [-0.3, -0.25) is 43.5 Å². The zero-order valence-electron chi connectivity index (χ0n) is 53.0. The molecule has 544 valence electrons. The third-order valence-corrected chi connectivity index (χ3v) is 17.7. The maximum absolute atomic E-state index is 15.2. The van der Waals surface area contributed by atoms with Gasteiger partial charge in [-0.05, 0) is 41.3 Å². The molecule has 2 aromatic rings. The third-order valence-electron chi connectivity index (χ3n) is 17.4. The first-order valence-electron chi connectivity index (χ1n) is 31.3. The van der Waals surface area contributed by atoms with E-state index in [1.165, 1.54) is 43.3 Å². The molecule has 0 bridgehead atoms. The molecule has 4 fully saturated rings. The SMILES string of the molecule is CC(C)CC(=O)O[C@@H]1[C@@H](O[C@H]2[C@H](O)[C@H](O)[C@@H](Oc3ccc(C[C@H]4NC(=O)[C@H](C(C)c5ccc(Cl)cc5)NC(=O)CNC(=O)[C@H](CO)NC(=O)[C@@H](C(O)C5CN=C(N)N5[C@H]5O[C@H](CO)[C@@H](O)[C@H](O)[C@@H]5O)NC(=O)[C@H](C(O)C5CN=C(N)N5)NC4=O)cc3)O[C@@H]2CO)O[C@H](CO)[C@@H](O)[C@@H]1O. The Morgan fingerprint density at radius 1 is 0.612 bits per heavy atom. The Bertz CT molecular complexity index is 3160. The molecule has 6 heterocycles. The van der Waals surface area contributed by atoms with Crippen LogP contribution >= 0.6 is 11.6 Å². The number of nitrogens with two attached hydrogens (primary N) is 2. The van der Waals surface area contributed by atoms with Crippen LogP contribution in [0, 0.1) is 5.92 Å². The summed E-state index contributed by atoms with van der Waals surface area (Å²) in [4.78, 5) is 109. The number of guanidine groups is 2. The van der Waals surface area contributed by atoms with E-state index in [4.69, 9.17) is 51.5 Å². The van der Waals surface area contributed by atoms with Gasteiger partial charge >= 0.3 is 5.97 Å². The van der Waals surface area contributed by atoms with Crippen LogP contribution in [0.25, 0.3) is 0 Å². The van der Waals surface area contributed by atoms with Crippen molar-refractivity contribution in [2.45, 2.75) is 186 Å². The molecule has 0 aliphatic carbocycles. The number of amides is 6. The Hall–Kier alpha value is -7.32. The molecule has 0 aromatic heterocycles. The van der Waals surface area contributed by atoms with E-state index >= 15 is 9.59 Å². The van der Waals surface area contributed by atoms with Crippen LogP contribution in [-0.2, 0) is 63.7 Å². The van der Waals surface area contributed by atoms with E-state index in [0.717, 1.165) is 4.90 Å². The highest BCUT2D eigenvalue weighted by atomic mass is 35.5. The van der Waals surface area contributed by atoms with Gasteiger partial charge in [0, 0.05) is 23.8 Å². The second-order valence-corrected chi connectivity index (χ2v) is 25.2. The third kappa shape index (κ3) is 17.8. The van der Waals surface area contributed by atoms with Crippen molar-refractivity contribution in [1.29, 1.82) is 0 Å². The first-order valence-corrected chi connectivity index (χ1v) is 31.7. The second-order valence-electron chi connectivity index (χ2n) is 24.8. The number of hydrogen-bond acceptors (Lipinski definition) is 32. The van der Waals surface area contributed by atoms with E-state index in [-0.39, 0.29) is 36.2 Å². The zero-order chi connectivity index (χ0) is 71.7. The number of nitrogens with one attached hydrogen (secondary N) is 7. The van der Waals surface area contributed by atoms with Crippen molar-refractivity contribution in [2.24, 2.45) is 27.4 Å². The standard InChI is InChI=1S/C59H85ClN12O26/c1-21(2)12-35(78)97-49-44(84)42(82)32(19-75)95-57(49)98-48-33(20-76)96-56(47(87)45(48)85)93-26-10-4-23(5-11-26)13-27-51(89)70-37(39(79)28-14-64-58(61)68-28)54(92)71-38(40(80)30-15-65-59(62)72(30)55-46(86)43(83)41(81)31(18-74)94-55)53(91)67-29(17-73)50(88)63-16-34(77)69-36(52(90)66-27)22(3)24-6-8-25(60)9-7-24/h4-11,21-22,27-33,36-49,55-57,73-76,79-87H,12-20H2,1-3H3,(H2,62,65)(H,63,88)(H,66,90)(H,67,91)(H,69,77)(H,70,89)(H,71,92)(H3,61,64,68)/t22?,27-,28?,29+,30?,31-,32-,33-,36+,37+,38-,39?,40?,41-,42-,43+,44+,45-,46+,47+,48-,49+,55+,56+,57-/m1/s1. The number of benzene rings is 2. The lowest BCUT2D eigenvalue weighted by atomic mass is 9.92. The Morgan fingerprint density at radius 3 is 1.82 bits per heavy atom. The Labute approximate surface area is 563 Å². The van der Waals surface area contributed by atoms with E-state index < -0.39 is 246 Å². The van der Waals surface area contributed by atoms with Crippen molar-refractivity contribution >= 4 is 64.9 Å². The van der Waals surface area contributed by atoms with Gasteiger partial charge in [-0.1, -0.05) is 56.6 Å². The summed E-state index contributed by atoms with van der Waals surface area (Å²) in [7, 11) is 0. The average molecular weight is 1410 g/mol. The topological polar surface area (TPSA) is 602 Å². The van der Waals surface area contributed by atoms with Crippen LogP contribution in [0.1, 0.15) is 44.2 Å². The minimum absolute atomic E-state index is 0.0961. The average Bonchev–Trinajstić information content (AvgIpc) is 1.44. The van der Waals surface area contributed by atoms with E-state index in [9.17, 15) is 90.4 Å². The maximum Gasteiger partial charge on any atom is 0.306 e. The fourth-order valence-electron chi connectivity index (χ4n) is 11.9. The van der Waals surface area contributed by atoms with Gasteiger partial charge in [0.05, 0.1) is 58.1 Å².